The van der Waals surface area contributed by atoms with Crippen LogP contribution < -0.4 is 11.5 Å². The number of allylic oxidation sites excluding steroid dienone is 1. The lowest BCUT2D eigenvalue weighted by atomic mass is 9.99. The predicted molar refractivity (Wildman–Crippen MR) is 104 cm³/mol. The molecule has 0 bridgehead atoms. The standard InChI is InChI=1S/C19H21F2N7/c1-11(2)19-26-25-17-6-5-16(27-28(17)19)14(10-23)18(24-8-7-22)13-4-3-12(20)9-15(13)21/h3-6,9-11H,7-8,22-23H2,1-2H3/b14-10-,24-18?. The summed E-state index contributed by atoms with van der Waals surface area (Å²) in [7, 11) is 0. The Kier molecular flexibility index (Phi) is 5.74. The number of fused-ring (bicyclic) bond motifs is 1. The van der Waals surface area contributed by atoms with Gasteiger partial charge in [-0.1, -0.05) is 13.8 Å². The maximum atomic E-state index is 14.4. The molecule has 2 heterocycles. The molecule has 4 N–H and O–H groups in total. The maximum absolute atomic E-state index is 14.4. The van der Waals surface area contributed by atoms with Crippen LogP contribution in [-0.2, 0) is 0 Å². The first-order chi connectivity index (χ1) is 13.5. The Morgan fingerprint density at radius 1 is 1.21 bits per heavy atom. The zero-order chi connectivity index (χ0) is 20.3. The third kappa shape index (κ3) is 3.74. The van der Waals surface area contributed by atoms with Crippen molar-refractivity contribution in [2.45, 2.75) is 19.8 Å². The number of aliphatic imine (C=N–C) groups is 1. The van der Waals surface area contributed by atoms with Gasteiger partial charge in [-0.15, -0.1) is 10.2 Å². The lowest BCUT2D eigenvalue weighted by Gasteiger charge is -2.13. The van der Waals surface area contributed by atoms with Crippen LogP contribution in [0.5, 0.6) is 0 Å². The topological polar surface area (TPSA) is 107 Å². The van der Waals surface area contributed by atoms with Gasteiger partial charge in [0.25, 0.3) is 0 Å². The molecule has 0 fully saturated rings. The Morgan fingerprint density at radius 2 is 2.00 bits per heavy atom. The first-order valence-electron chi connectivity index (χ1n) is 8.81. The molecule has 0 radical (unpaired) electrons. The van der Waals surface area contributed by atoms with Crippen molar-refractivity contribution < 1.29 is 8.78 Å². The van der Waals surface area contributed by atoms with Gasteiger partial charge in [0.1, 0.15) is 11.6 Å². The van der Waals surface area contributed by atoms with Crippen LogP contribution in [-0.4, -0.2) is 38.6 Å². The van der Waals surface area contributed by atoms with Crippen LogP contribution in [0.15, 0.2) is 41.5 Å². The van der Waals surface area contributed by atoms with E-state index in [1.54, 1.807) is 16.6 Å². The number of aromatic nitrogens is 4. The molecule has 3 rings (SSSR count). The van der Waals surface area contributed by atoms with E-state index in [2.05, 4.69) is 20.3 Å². The van der Waals surface area contributed by atoms with E-state index in [1.165, 1.54) is 12.3 Å². The normalized spacial score (nSPS) is 12.9. The van der Waals surface area contributed by atoms with Crippen LogP contribution in [0, 0.1) is 11.6 Å². The second-order valence-corrected chi connectivity index (χ2v) is 6.42. The van der Waals surface area contributed by atoms with Gasteiger partial charge < -0.3 is 11.5 Å². The van der Waals surface area contributed by atoms with Crippen LogP contribution in [0.4, 0.5) is 8.78 Å². The highest BCUT2D eigenvalue weighted by molar-refractivity contribution is 6.31. The molecule has 0 amide bonds. The highest BCUT2D eigenvalue weighted by Gasteiger charge is 2.19. The van der Waals surface area contributed by atoms with E-state index in [-0.39, 0.29) is 30.3 Å². The predicted octanol–water partition coefficient (Wildman–Crippen LogP) is 2.27. The number of hydrogen-bond donors (Lipinski definition) is 2. The summed E-state index contributed by atoms with van der Waals surface area (Å²) in [6.07, 6.45) is 1.30. The highest BCUT2D eigenvalue weighted by Crippen LogP contribution is 2.22. The first kappa shape index (κ1) is 19.6. The fourth-order valence-electron chi connectivity index (χ4n) is 2.77. The van der Waals surface area contributed by atoms with Crippen molar-refractivity contribution in [3.63, 3.8) is 0 Å². The highest BCUT2D eigenvalue weighted by atomic mass is 19.1. The number of nitrogens with zero attached hydrogens (tertiary/aromatic N) is 5. The molecule has 0 atom stereocenters. The Balaban J connectivity index is 2.15. The van der Waals surface area contributed by atoms with Crippen LogP contribution in [0.3, 0.4) is 0 Å². The van der Waals surface area contributed by atoms with E-state index in [0.717, 1.165) is 12.1 Å². The fourth-order valence-corrected chi connectivity index (χ4v) is 2.77. The summed E-state index contributed by atoms with van der Waals surface area (Å²) in [6.45, 7) is 4.47. The van der Waals surface area contributed by atoms with Gasteiger partial charge in [0.2, 0.25) is 0 Å². The zero-order valence-corrected chi connectivity index (χ0v) is 15.6. The van der Waals surface area contributed by atoms with Crippen molar-refractivity contribution in [1.82, 2.24) is 19.8 Å². The molecule has 2 aromatic heterocycles. The van der Waals surface area contributed by atoms with E-state index >= 15 is 0 Å². The van der Waals surface area contributed by atoms with Crippen LogP contribution in [0.25, 0.3) is 11.2 Å². The Morgan fingerprint density at radius 3 is 2.64 bits per heavy atom. The molecule has 1 aromatic carbocycles. The van der Waals surface area contributed by atoms with Crippen molar-refractivity contribution in [3.05, 3.63) is 65.2 Å². The largest absolute Gasteiger partial charge is 0.404 e. The summed E-state index contributed by atoms with van der Waals surface area (Å²) in [5.74, 6) is -0.642. The molecule has 3 aromatic rings. The second-order valence-electron chi connectivity index (χ2n) is 6.42. The van der Waals surface area contributed by atoms with E-state index in [4.69, 9.17) is 11.5 Å². The van der Waals surface area contributed by atoms with Crippen LogP contribution >= 0.6 is 0 Å². The lowest BCUT2D eigenvalue weighted by molar-refractivity contribution is 0.582. The molecular weight excluding hydrogens is 364 g/mol. The van der Waals surface area contributed by atoms with E-state index in [0.29, 0.717) is 22.7 Å². The van der Waals surface area contributed by atoms with Gasteiger partial charge in [-0.25, -0.2) is 8.78 Å². The fraction of sp³-hybridized carbons (Fsp3) is 0.263. The summed E-state index contributed by atoms with van der Waals surface area (Å²) >= 11 is 0. The third-order valence-electron chi connectivity index (χ3n) is 4.09. The average Bonchev–Trinajstić information content (AvgIpc) is 3.09. The van der Waals surface area contributed by atoms with E-state index < -0.39 is 11.6 Å². The summed E-state index contributed by atoms with van der Waals surface area (Å²) in [5.41, 5.74) is 13.2. The van der Waals surface area contributed by atoms with E-state index in [1.807, 2.05) is 13.8 Å². The molecule has 146 valence electrons. The Bertz CT molecular complexity index is 1050. The molecule has 0 spiro atoms. The number of halogens is 2. The summed E-state index contributed by atoms with van der Waals surface area (Å²) in [6, 6.07) is 6.73. The number of benzene rings is 1. The maximum Gasteiger partial charge on any atom is 0.177 e. The lowest BCUT2D eigenvalue weighted by Crippen LogP contribution is -2.14. The van der Waals surface area contributed by atoms with Gasteiger partial charge in [0.15, 0.2) is 11.5 Å². The monoisotopic (exact) mass is 385 g/mol. The quantitative estimate of drug-likeness (QED) is 0.633. The minimum absolute atomic E-state index is 0.1000. The molecule has 0 aliphatic heterocycles. The van der Waals surface area contributed by atoms with Crippen molar-refractivity contribution in [2.75, 3.05) is 13.1 Å². The molecule has 9 heteroatoms. The molecule has 0 aliphatic carbocycles. The first-order valence-corrected chi connectivity index (χ1v) is 8.81. The molecule has 0 aliphatic rings. The van der Waals surface area contributed by atoms with Crippen molar-refractivity contribution >= 4 is 16.9 Å². The minimum Gasteiger partial charge on any atom is -0.404 e. The SMILES string of the molecule is CC(C)c1nnc2ccc(/C(=C/N)C(=NCCN)c3ccc(F)cc3F)nn12. The van der Waals surface area contributed by atoms with Gasteiger partial charge in [-0.2, -0.15) is 9.61 Å². The summed E-state index contributed by atoms with van der Waals surface area (Å²) in [4.78, 5) is 4.38. The van der Waals surface area contributed by atoms with Crippen LogP contribution in [0.2, 0.25) is 0 Å². The number of hydrogen-bond acceptors (Lipinski definition) is 6. The van der Waals surface area contributed by atoms with Gasteiger partial charge in [0, 0.05) is 35.9 Å². The molecule has 0 saturated carbocycles. The van der Waals surface area contributed by atoms with Crippen molar-refractivity contribution in [3.8, 4) is 0 Å². The third-order valence-corrected chi connectivity index (χ3v) is 4.09. The molecule has 7 nitrogen and oxygen atoms in total. The molecular formula is C19H21F2N7. The second kappa shape index (κ2) is 8.22. The van der Waals surface area contributed by atoms with E-state index in [9.17, 15) is 8.78 Å². The average molecular weight is 385 g/mol. The van der Waals surface area contributed by atoms with Crippen LogP contribution in [0.1, 0.15) is 36.8 Å². The Labute approximate surface area is 160 Å². The van der Waals surface area contributed by atoms with Crippen molar-refractivity contribution in [1.29, 1.82) is 0 Å². The minimum atomic E-state index is -0.747. The number of rotatable bonds is 6. The molecule has 28 heavy (non-hydrogen) atoms. The summed E-state index contributed by atoms with van der Waals surface area (Å²) in [5, 5.41) is 12.8. The van der Waals surface area contributed by atoms with Gasteiger partial charge in [-0.05, 0) is 24.3 Å². The Hall–Kier alpha value is -3.20. The van der Waals surface area contributed by atoms with Gasteiger partial charge >= 0.3 is 0 Å². The zero-order valence-electron chi connectivity index (χ0n) is 15.6. The molecule has 0 unspecified atom stereocenters. The van der Waals surface area contributed by atoms with Gasteiger partial charge in [-0.3, -0.25) is 4.99 Å². The van der Waals surface area contributed by atoms with Gasteiger partial charge in [0.05, 0.1) is 18.0 Å². The smallest absolute Gasteiger partial charge is 0.177 e. The summed E-state index contributed by atoms with van der Waals surface area (Å²) < 4.78 is 29.4. The van der Waals surface area contributed by atoms with Crippen molar-refractivity contribution in [2.24, 2.45) is 16.5 Å². The number of nitrogens with two attached hydrogens (primary N) is 2. The molecule has 0 saturated heterocycles.